The van der Waals surface area contributed by atoms with Crippen molar-refractivity contribution in [3.05, 3.63) is 24.0 Å². The number of rotatable bonds is 5. The van der Waals surface area contributed by atoms with Gasteiger partial charge in [0.2, 0.25) is 0 Å². The zero-order chi connectivity index (χ0) is 13.8. The predicted octanol–water partition coefficient (Wildman–Crippen LogP) is 2.21. The van der Waals surface area contributed by atoms with Crippen LogP contribution in [0, 0.1) is 0 Å². The molecule has 8 heteroatoms. The number of hydrogen-bond acceptors (Lipinski definition) is 3. The van der Waals surface area contributed by atoms with Crippen LogP contribution in [0.3, 0.4) is 0 Å². The summed E-state index contributed by atoms with van der Waals surface area (Å²) in [6.07, 6.45) is 3.53. The van der Waals surface area contributed by atoms with Crippen LogP contribution in [0.2, 0.25) is 0 Å². The molecule has 1 heterocycles. The van der Waals surface area contributed by atoms with Crippen LogP contribution in [0.1, 0.15) is 18.5 Å². The number of nitrogens with zero attached hydrogens (tertiary/aromatic N) is 3. The molecule has 0 aliphatic heterocycles. The van der Waals surface area contributed by atoms with Crippen LogP contribution < -0.4 is 10.5 Å². The summed E-state index contributed by atoms with van der Waals surface area (Å²) in [5.74, 6) is 0.503. The molecule has 2 rings (SSSR count). The first kappa shape index (κ1) is 16.9. The molecule has 1 saturated carbocycles. The molecular weight excluding hydrogens is 381 g/mol. The van der Waals surface area contributed by atoms with Crippen molar-refractivity contribution in [2.24, 2.45) is 10.7 Å². The van der Waals surface area contributed by atoms with E-state index in [1.54, 1.807) is 6.07 Å². The Morgan fingerprint density at radius 1 is 1.55 bits per heavy atom. The molecule has 0 atom stereocenters. The van der Waals surface area contributed by atoms with Crippen LogP contribution in [-0.2, 0) is 6.54 Å². The van der Waals surface area contributed by atoms with Crippen LogP contribution in [0.5, 0.6) is 5.75 Å². The maximum atomic E-state index is 12.0. The Labute approximate surface area is 133 Å². The van der Waals surface area contributed by atoms with Gasteiger partial charge in [0.05, 0.1) is 18.4 Å². The molecule has 1 fully saturated rings. The van der Waals surface area contributed by atoms with E-state index in [0.29, 0.717) is 24.2 Å². The van der Waals surface area contributed by atoms with Crippen LogP contribution in [0.25, 0.3) is 0 Å². The van der Waals surface area contributed by atoms with E-state index in [9.17, 15) is 8.78 Å². The molecule has 20 heavy (non-hydrogen) atoms. The third-order valence-corrected chi connectivity index (χ3v) is 2.88. The first-order valence-corrected chi connectivity index (χ1v) is 5.99. The molecule has 0 aromatic carbocycles. The third kappa shape index (κ3) is 5.06. The Hall–Kier alpha value is -1.19. The summed E-state index contributed by atoms with van der Waals surface area (Å²) in [5, 5.41) is 0. The molecule has 1 aromatic heterocycles. The molecule has 1 aromatic rings. The van der Waals surface area contributed by atoms with Gasteiger partial charge in [-0.25, -0.2) is 4.99 Å². The SMILES string of the molecule is CN(C(N)=NCc1ccc(OC(F)F)cn1)C1CC1.I. The van der Waals surface area contributed by atoms with Gasteiger partial charge < -0.3 is 15.4 Å². The van der Waals surface area contributed by atoms with Crippen LogP contribution in [0.4, 0.5) is 8.78 Å². The minimum atomic E-state index is -2.84. The van der Waals surface area contributed by atoms with Crippen molar-refractivity contribution in [2.45, 2.75) is 32.0 Å². The highest BCUT2D eigenvalue weighted by Crippen LogP contribution is 2.24. The third-order valence-electron chi connectivity index (χ3n) is 2.88. The van der Waals surface area contributed by atoms with Crippen LogP contribution >= 0.6 is 24.0 Å². The van der Waals surface area contributed by atoms with E-state index in [1.807, 2.05) is 11.9 Å². The van der Waals surface area contributed by atoms with Crippen LogP contribution in [-0.4, -0.2) is 35.5 Å². The van der Waals surface area contributed by atoms with E-state index >= 15 is 0 Å². The summed E-state index contributed by atoms with van der Waals surface area (Å²) >= 11 is 0. The van der Waals surface area contributed by atoms with Crippen molar-refractivity contribution < 1.29 is 13.5 Å². The number of aliphatic imine (C=N–C) groups is 1. The molecule has 0 unspecified atom stereocenters. The van der Waals surface area contributed by atoms with Gasteiger partial charge >= 0.3 is 6.61 Å². The highest BCUT2D eigenvalue weighted by Gasteiger charge is 2.27. The minimum Gasteiger partial charge on any atom is -0.433 e. The Morgan fingerprint density at radius 2 is 2.25 bits per heavy atom. The zero-order valence-electron chi connectivity index (χ0n) is 11.0. The number of nitrogens with two attached hydrogens (primary N) is 1. The Balaban J connectivity index is 0.00000200. The van der Waals surface area contributed by atoms with Crippen molar-refractivity contribution in [1.82, 2.24) is 9.88 Å². The number of hydrogen-bond donors (Lipinski definition) is 1. The lowest BCUT2D eigenvalue weighted by Crippen LogP contribution is -2.35. The summed E-state index contributed by atoms with van der Waals surface area (Å²) in [6.45, 7) is -2.52. The van der Waals surface area contributed by atoms with Crippen molar-refractivity contribution in [1.29, 1.82) is 0 Å². The fraction of sp³-hybridized carbons (Fsp3) is 0.500. The summed E-state index contributed by atoms with van der Waals surface area (Å²) in [6, 6.07) is 3.52. The van der Waals surface area contributed by atoms with Gasteiger partial charge in [-0.1, -0.05) is 0 Å². The monoisotopic (exact) mass is 398 g/mol. The van der Waals surface area contributed by atoms with Gasteiger partial charge in [-0.15, -0.1) is 24.0 Å². The average Bonchev–Trinajstić information content (AvgIpc) is 3.20. The standard InChI is InChI=1S/C12H16F2N4O.HI/c1-18(9-3-4-9)12(15)17-6-8-2-5-10(7-16-8)19-11(13)14;/h2,5,7,9,11H,3-4,6H2,1H3,(H2,15,17);1H. The van der Waals surface area contributed by atoms with Crippen LogP contribution in [0.15, 0.2) is 23.3 Å². The van der Waals surface area contributed by atoms with Gasteiger partial charge in [0, 0.05) is 13.1 Å². The molecule has 112 valence electrons. The first-order valence-electron chi connectivity index (χ1n) is 5.99. The second kappa shape index (κ2) is 7.55. The number of pyridine rings is 1. The zero-order valence-corrected chi connectivity index (χ0v) is 13.3. The van der Waals surface area contributed by atoms with E-state index in [-0.39, 0.29) is 29.7 Å². The minimum absolute atomic E-state index is 0. The van der Waals surface area contributed by atoms with Gasteiger partial charge in [-0.3, -0.25) is 4.98 Å². The largest absolute Gasteiger partial charge is 0.433 e. The maximum Gasteiger partial charge on any atom is 0.387 e. The highest BCUT2D eigenvalue weighted by molar-refractivity contribution is 14.0. The fourth-order valence-electron chi connectivity index (χ4n) is 1.60. The normalized spacial score (nSPS) is 14.9. The summed E-state index contributed by atoms with van der Waals surface area (Å²) in [5.41, 5.74) is 6.47. The number of guanidine groups is 1. The Bertz CT molecular complexity index is 451. The molecule has 0 saturated heterocycles. The van der Waals surface area contributed by atoms with E-state index < -0.39 is 6.61 Å². The first-order chi connectivity index (χ1) is 9.06. The van der Waals surface area contributed by atoms with E-state index in [2.05, 4.69) is 14.7 Å². The van der Waals surface area contributed by atoms with Crippen molar-refractivity contribution in [2.75, 3.05) is 7.05 Å². The summed E-state index contributed by atoms with van der Waals surface area (Å²) < 4.78 is 28.1. The van der Waals surface area contributed by atoms with Gasteiger partial charge in [0.25, 0.3) is 0 Å². The summed E-state index contributed by atoms with van der Waals surface area (Å²) in [4.78, 5) is 10.1. The number of aromatic nitrogens is 1. The Morgan fingerprint density at radius 3 is 2.75 bits per heavy atom. The molecule has 1 aliphatic carbocycles. The summed E-state index contributed by atoms with van der Waals surface area (Å²) in [7, 11) is 1.91. The van der Waals surface area contributed by atoms with E-state index in [1.165, 1.54) is 12.3 Å². The lowest BCUT2D eigenvalue weighted by Gasteiger charge is -2.16. The van der Waals surface area contributed by atoms with E-state index in [0.717, 1.165) is 12.8 Å². The highest BCUT2D eigenvalue weighted by atomic mass is 127. The number of halogens is 3. The molecule has 0 spiro atoms. The topological polar surface area (TPSA) is 63.7 Å². The molecular formula is C12H17F2IN4O. The Kier molecular flexibility index (Phi) is 6.37. The van der Waals surface area contributed by atoms with Gasteiger partial charge in [0.1, 0.15) is 5.75 Å². The molecule has 0 bridgehead atoms. The molecule has 5 nitrogen and oxygen atoms in total. The average molecular weight is 398 g/mol. The maximum absolute atomic E-state index is 12.0. The second-order valence-corrected chi connectivity index (χ2v) is 4.38. The smallest absolute Gasteiger partial charge is 0.387 e. The van der Waals surface area contributed by atoms with Crippen molar-refractivity contribution >= 4 is 29.9 Å². The fourth-order valence-corrected chi connectivity index (χ4v) is 1.60. The lowest BCUT2D eigenvalue weighted by molar-refractivity contribution is -0.0500. The molecule has 0 radical (unpaired) electrons. The molecule has 1 aliphatic rings. The van der Waals surface area contributed by atoms with Crippen molar-refractivity contribution in [3.8, 4) is 5.75 Å². The molecule has 2 N–H and O–H groups in total. The van der Waals surface area contributed by atoms with Crippen molar-refractivity contribution in [3.63, 3.8) is 0 Å². The lowest BCUT2D eigenvalue weighted by atomic mass is 10.3. The predicted molar refractivity (Wildman–Crippen MR) is 82.4 cm³/mol. The van der Waals surface area contributed by atoms with Gasteiger partial charge in [-0.2, -0.15) is 8.78 Å². The number of alkyl halides is 2. The van der Waals surface area contributed by atoms with Gasteiger partial charge in [0.15, 0.2) is 5.96 Å². The van der Waals surface area contributed by atoms with Gasteiger partial charge in [-0.05, 0) is 25.0 Å². The van der Waals surface area contributed by atoms with E-state index in [4.69, 9.17) is 5.73 Å². The number of ether oxygens (including phenoxy) is 1. The second-order valence-electron chi connectivity index (χ2n) is 4.38. The quantitative estimate of drug-likeness (QED) is 0.470. The molecule has 0 amide bonds.